The van der Waals surface area contributed by atoms with Gasteiger partial charge in [0.15, 0.2) is 0 Å². The minimum atomic E-state index is -4.73. The zero-order valence-electron chi connectivity index (χ0n) is 30.5. The highest BCUT2D eigenvalue weighted by Crippen LogP contribution is 2.44. The number of aromatic nitrogens is 2. The second-order valence-corrected chi connectivity index (χ2v) is 14.1. The van der Waals surface area contributed by atoms with Crippen LogP contribution in [0.5, 0.6) is 0 Å². The zero-order chi connectivity index (χ0) is 42.3. The number of rotatable bonds is 4. The topological polar surface area (TPSA) is 57.4 Å². The molecule has 0 saturated heterocycles. The maximum absolute atomic E-state index is 14.0. The van der Waals surface area contributed by atoms with Crippen LogP contribution in [0, 0.1) is 22.7 Å². The van der Waals surface area contributed by atoms with Crippen LogP contribution in [0.2, 0.25) is 0 Å². The summed E-state index contributed by atoms with van der Waals surface area (Å²) < 4.78 is 128. The van der Waals surface area contributed by atoms with Crippen LogP contribution in [0.4, 0.5) is 39.5 Å². The Bertz CT molecular complexity index is 3310. The van der Waals surface area contributed by atoms with E-state index in [9.17, 15) is 50.0 Å². The summed E-state index contributed by atoms with van der Waals surface area (Å²) >= 11 is 0. The molecule has 0 aliphatic heterocycles. The Morgan fingerprint density at radius 3 is 1.45 bits per heavy atom. The van der Waals surface area contributed by atoms with Gasteiger partial charge in [-0.3, -0.25) is 0 Å². The van der Waals surface area contributed by atoms with Crippen LogP contribution in [0.15, 0.2) is 140 Å². The van der Waals surface area contributed by atoms with Crippen LogP contribution < -0.4 is 0 Å². The minimum Gasteiger partial charge on any atom is -0.309 e. The fourth-order valence-electron chi connectivity index (χ4n) is 8.01. The molecule has 294 valence electrons. The predicted octanol–water partition coefficient (Wildman–Crippen LogP) is 14.0. The molecule has 0 aliphatic carbocycles. The van der Waals surface area contributed by atoms with Gasteiger partial charge in [0.05, 0.1) is 67.7 Å². The molecule has 0 spiro atoms. The highest BCUT2D eigenvalue weighted by molar-refractivity contribution is 6.11. The van der Waals surface area contributed by atoms with Crippen LogP contribution in [-0.2, 0) is 18.5 Å². The van der Waals surface area contributed by atoms with Crippen LogP contribution in [-0.4, -0.2) is 9.13 Å². The Labute approximate surface area is 333 Å². The molecule has 60 heavy (non-hydrogen) atoms. The smallest absolute Gasteiger partial charge is 0.309 e. The lowest BCUT2D eigenvalue weighted by Gasteiger charge is -2.19. The summed E-state index contributed by atoms with van der Waals surface area (Å²) in [5, 5.41) is 22.2. The molecule has 0 saturated carbocycles. The van der Waals surface area contributed by atoms with E-state index in [1.807, 2.05) is 6.07 Å². The van der Waals surface area contributed by atoms with Crippen molar-refractivity contribution in [2.75, 3.05) is 0 Å². The van der Waals surface area contributed by atoms with Gasteiger partial charge in [0.1, 0.15) is 0 Å². The molecule has 0 fully saturated rings. The highest BCUT2D eigenvalue weighted by atomic mass is 19.4. The molecule has 0 bridgehead atoms. The number of nitriles is 2. The van der Waals surface area contributed by atoms with Gasteiger partial charge in [-0.2, -0.15) is 50.0 Å². The van der Waals surface area contributed by atoms with Crippen LogP contribution in [0.25, 0.3) is 77.2 Å². The summed E-state index contributed by atoms with van der Waals surface area (Å²) in [6.45, 7) is 0. The zero-order valence-corrected chi connectivity index (χ0v) is 30.5. The monoisotopic (exact) mass is 814 g/mol. The summed E-state index contributed by atoms with van der Waals surface area (Å²) in [6, 6.07) is 36.9. The molecule has 7 aromatic carbocycles. The molecule has 0 atom stereocenters. The minimum absolute atomic E-state index is 0.130. The van der Waals surface area contributed by atoms with Crippen molar-refractivity contribution in [1.82, 2.24) is 9.13 Å². The first-order valence-electron chi connectivity index (χ1n) is 18.1. The molecular formula is C47H23F9N4. The second kappa shape index (κ2) is 13.5. The summed E-state index contributed by atoms with van der Waals surface area (Å²) in [5.74, 6) is 0. The Morgan fingerprint density at radius 1 is 0.383 bits per heavy atom. The largest absolute Gasteiger partial charge is 0.416 e. The van der Waals surface area contributed by atoms with Gasteiger partial charge in [-0.1, -0.05) is 48.5 Å². The van der Waals surface area contributed by atoms with Crippen molar-refractivity contribution in [3.63, 3.8) is 0 Å². The van der Waals surface area contributed by atoms with Crippen molar-refractivity contribution in [1.29, 1.82) is 10.5 Å². The van der Waals surface area contributed by atoms with E-state index in [1.165, 1.54) is 24.3 Å². The lowest BCUT2D eigenvalue weighted by Crippen LogP contribution is -2.05. The summed E-state index contributed by atoms with van der Waals surface area (Å²) in [7, 11) is 0. The molecule has 2 aromatic heterocycles. The number of hydrogen-bond acceptors (Lipinski definition) is 2. The van der Waals surface area contributed by atoms with Crippen LogP contribution in [0.3, 0.4) is 0 Å². The van der Waals surface area contributed by atoms with Gasteiger partial charge in [0.25, 0.3) is 0 Å². The molecule has 13 heteroatoms. The fourth-order valence-corrected chi connectivity index (χ4v) is 8.01. The summed E-state index contributed by atoms with van der Waals surface area (Å²) in [6.07, 6.45) is -14.0. The number of hydrogen-bond donors (Lipinski definition) is 0. The maximum Gasteiger partial charge on any atom is 0.416 e. The number of nitrogens with zero attached hydrogens (tertiary/aromatic N) is 4. The van der Waals surface area contributed by atoms with E-state index in [-0.39, 0.29) is 27.6 Å². The number of halogens is 9. The predicted molar refractivity (Wildman–Crippen MR) is 210 cm³/mol. The third-order valence-electron chi connectivity index (χ3n) is 10.7. The standard InChI is InChI=1S/C47H23F9N4/c48-45(49,50)29-11-15-33(28(19-29)25-58)26-10-16-43(60-41-8-4-2-6-35(41)39-22-31(47(54,55)56)13-18-44(39)60)37(20-26)36-23-32(14-9-27(36)24-57)59-40-7-3-1-5-34(40)38-21-30(46(51,52)53)12-17-42(38)59/h1-23H. The molecule has 2 heterocycles. The van der Waals surface area contributed by atoms with Gasteiger partial charge < -0.3 is 9.13 Å². The summed E-state index contributed by atoms with van der Waals surface area (Å²) in [5.41, 5.74) is 0.844. The lowest BCUT2D eigenvalue weighted by atomic mass is 9.92. The van der Waals surface area contributed by atoms with E-state index in [4.69, 9.17) is 0 Å². The van der Waals surface area contributed by atoms with Crippen molar-refractivity contribution < 1.29 is 39.5 Å². The molecular weight excluding hydrogens is 792 g/mol. The third kappa shape index (κ3) is 6.18. The average Bonchev–Trinajstić information content (AvgIpc) is 3.74. The first-order chi connectivity index (χ1) is 28.6. The first-order valence-corrected chi connectivity index (χ1v) is 18.1. The van der Waals surface area contributed by atoms with Gasteiger partial charge in [-0.25, -0.2) is 0 Å². The van der Waals surface area contributed by atoms with E-state index in [1.54, 1.807) is 88.0 Å². The van der Waals surface area contributed by atoms with E-state index in [0.29, 0.717) is 60.7 Å². The first kappa shape index (κ1) is 38.0. The molecule has 0 N–H and O–H groups in total. The van der Waals surface area contributed by atoms with Crippen molar-refractivity contribution in [2.45, 2.75) is 18.5 Å². The molecule has 0 radical (unpaired) electrons. The lowest BCUT2D eigenvalue weighted by molar-refractivity contribution is -0.138. The van der Waals surface area contributed by atoms with Gasteiger partial charge in [-0.15, -0.1) is 0 Å². The second-order valence-electron chi connectivity index (χ2n) is 14.1. The van der Waals surface area contributed by atoms with E-state index < -0.39 is 35.2 Å². The molecule has 0 aliphatic rings. The Balaban J connectivity index is 1.36. The van der Waals surface area contributed by atoms with Crippen LogP contribution >= 0.6 is 0 Å². The van der Waals surface area contributed by atoms with Crippen molar-refractivity contribution >= 4 is 43.6 Å². The average molecular weight is 815 g/mol. The Kier molecular flexibility index (Phi) is 8.58. The summed E-state index contributed by atoms with van der Waals surface area (Å²) in [4.78, 5) is 0. The van der Waals surface area contributed by atoms with Gasteiger partial charge in [0, 0.05) is 38.4 Å². The van der Waals surface area contributed by atoms with Gasteiger partial charge >= 0.3 is 18.5 Å². The van der Waals surface area contributed by atoms with Gasteiger partial charge in [-0.05, 0) is 102 Å². The van der Waals surface area contributed by atoms with E-state index in [0.717, 1.165) is 36.4 Å². The van der Waals surface area contributed by atoms with Gasteiger partial charge in [0.2, 0.25) is 0 Å². The van der Waals surface area contributed by atoms with E-state index in [2.05, 4.69) is 6.07 Å². The number of alkyl halides is 9. The molecule has 0 amide bonds. The van der Waals surface area contributed by atoms with E-state index >= 15 is 0 Å². The quantitative estimate of drug-likeness (QED) is 0.166. The normalized spacial score (nSPS) is 12.4. The molecule has 0 unspecified atom stereocenters. The maximum atomic E-state index is 14.0. The number of fused-ring (bicyclic) bond motifs is 6. The van der Waals surface area contributed by atoms with Crippen molar-refractivity contribution in [3.05, 3.63) is 167 Å². The van der Waals surface area contributed by atoms with Crippen molar-refractivity contribution in [3.8, 4) is 45.8 Å². The number of benzene rings is 7. The molecule has 9 aromatic rings. The fraction of sp³-hybridized carbons (Fsp3) is 0.0638. The molecule has 4 nitrogen and oxygen atoms in total. The molecule has 9 rings (SSSR count). The third-order valence-corrected chi connectivity index (χ3v) is 10.7. The SMILES string of the molecule is N#Cc1cc(C(F)(F)F)ccc1-c1ccc(-n2c3ccccc3c3cc(C(F)(F)F)ccc32)c(-c2cc(-n3c4ccccc4c4cc(C(F)(F)F)ccc43)ccc2C#N)c1. The number of para-hydroxylation sites is 2. The van der Waals surface area contributed by atoms with Crippen molar-refractivity contribution in [2.24, 2.45) is 0 Å². The highest BCUT2D eigenvalue weighted by Gasteiger charge is 2.33. The Hall–Kier alpha value is -7.51. The Morgan fingerprint density at radius 2 is 0.883 bits per heavy atom. The van der Waals surface area contributed by atoms with Crippen LogP contribution in [0.1, 0.15) is 27.8 Å².